The normalized spacial score (nSPS) is 12.1. The predicted octanol–water partition coefficient (Wildman–Crippen LogP) is 3.43. The molecule has 2 N–H and O–H groups in total. The molecule has 0 aliphatic carbocycles. The van der Waals surface area contributed by atoms with Gasteiger partial charge in [-0.15, -0.1) is 11.3 Å². The van der Waals surface area contributed by atoms with Gasteiger partial charge in [0.1, 0.15) is 0 Å². The number of hydrogen-bond acceptors (Lipinski definition) is 5. The van der Waals surface area contributed by atoms with Crippen LogP contribution < -0.4 is 19.9 Å². The molecular formula is C14H16INO3S. The summed E-state index contributed by atoms with van der Waals surface area (Å²) in [6, 6.07) is 5.57. The van der Waals surface area contributed by atoms with Gasteiger partial charge in [-0.05, 0) is 51.7 Å². The summed E-state index contributed by atoms with van der Waals surface area (Å²) in [6.07, 6.45) is 0. The van der Waals surface area contributed by atoms with Crippen molar-refractivity contribution in [3.05, 3.63) is 37.6 Å². The van der Waals surface area contributed by atoms with Gasteiger partial charge in [-0.25, -0.2) is 0 Å². The van der Waals surface area contributed by atoms with Gasteiger partial charge in [0, 0.05) is 5.56 Å². The van der Waals surface area contributed by atoms with E-state index in [9.17, 15) is 0 Å². The molecule has 0 bridgehead atoms. The van der Waals surface area contributed by atoms with Crippen molar-refractivity contribution in [2.24, 2.45) is 5.73 Å². The van der Waals surface area contributed by atoms with Gasteiger partial charge in [0.2, 0.25) is 5.75 Å². The fourth-order valence-corrected chi connectivity index (χ4v) is 3.44. The molecule has 0 amide bonds. The zero-order chi connectivity index (χ0) is 14.7. The van der Waals surface area contributed by atoms with Gasteiger partial charge in [-0.1, -0.05) is 0 Å². The molecule has 20 heavy (non-hydrogen) atoms. The molecule has 0 fully saturated rings. The Morgan fingerprint density at radius 1 is 1.10 bits per heavy atom. The van der Waals surface area contributed by atoms with E-state index >= 15 is 0 Å². The summed E-state index contributed by atoms with van der Waals surface area (Å²) in [4.78, 5) is 0. The van der Waals surface area contributed by atoms with E-state index in [1.54, 1.807) is 32.7 Å². The third-order valence-corrected chi connectivity index (χ3v) is 4.82. The first-order valence-corrected chi connectivity index (χ1v) is 7.86. The molecule has 1 aromatic heterocycles. The van der Waals surface area contributed by atoms with Crippen LogP contribution in [0.4, 0.5) is 0 Å². The number of halogens is 1. The van der Waals surface area contributed by atoms with Crippen LogP contribution in [-0.4, -0.2) is 21.3 Å². The molecule has 0 spiro atoms. The summed E-state index contributed by atoms with van der Waals surface area (Å²) in [6.45, 7) is 0. The van der Waals surface area contributed by atoms with Crippen LogP contribution >= 0.6 is 33.9 Å². The van der Waals surface area contributed by atoms with Crippen molar-refractivity contribution >= 4 is 33.9 Å². The van der Waals surface area contributed by atoms with E-state index in [1.165, 1.54) is 2.88 Å². The molecule has 2 aromatic rings. The second-order valence-electron chi connectivity index (χ2n) is 4.09. The minimum Gasteiger partial charge on any atom is -0.493 e. The number of ether oxygens (including phenoxy) is 3. The van der Waals surface area contributed by atoms with Gasteiger partial charge < -0.3 is 19.9 Å². The standard InChI is InChI=1S/C14H16INO3S/c1-17-10-5-4-9(13(18-2)14(10)19-3)12(16)8-6-11(15)20-7-8/h4-7,12H,16H2,1-3H3. The van der Waals surface area contributed by atoms with Crippen molar-refractivity contribution in [1.29, 1.82) is 0 Å². The van der Waals surface area contributed by atoms with E-state index < -0.39 is 0 Å². The van der Waals surface area contributed by atoms with Crippen molar-refractivity contribution in [2.45, 2.75) is 6.04 Å². The average molecular weight is 405 g/mol. The Kier molecular flexibility index (Phi) is 5.11. The van der Waals surface area contributed by atoms with Crippen LogP contribution in [0.2, 0.25) is 0 Å². The number of nitrogens with two attached hydrogens (primary N) is 1. The zero-order valence-corrected chi connectivity index (χ0v) is 14.4. The van der Waals surface area contributed by atoms with Gasteiger partial charge in [0.25, 0.3) is 0 Å². The van der Waals surface area contributed by atoms with Crippen LogP contribution in [0.1, 0.15) is 17.2 Å². The van der Waals surface area contributed by atoms with Crippen LogP contribution in [0.3, 0.4) is 0 Å². The maximum absolute atomic E-state index is 6.35. The maximum Gasteiger partial charge on any atom is 0.203 e. The highest BCUT2D eigenvalue weighted by Crippen LogP contribution is 2.43. The predicted molar refractivity (Wildman–Crippen MR) is 89.2 cm³/mol. The van der Waals surface area contributed by atoms with Crippen LogP contribution in [0.15, 0.2) is 23.6 Å². The molecule has 0 saturated carbocycles. The minimum atomic E-state index is -0.260. The summed E-state index contributed by atoms with van der Waals surface area (Å²) in [5.74, 6) is 1.80. The summed E-state index contributed by atoms with van der Waals surface area (Å²) in [5.41, 5.74) is 8.28. The van der Waals surface area contributed by atoms with E-state index in [0.29, 0.717) is 17.2 Å². The number of rotatable bonds is 5. The van der Waals surface area contributed by atoms with Crippen molar-refractivity contribution < 1.29 is 14.2 Å². The molecule has 0 saturated heterocycles. The fraction of sp³-hybridized carbons (Fsp3) is 0.286. The Labute approximate surface area is 136 Å². The Morgan fingerprint density at radius 2 is 1.80 bits per heavy atom. The lowest BCUT2D eigenvalue weighted by atomic mass is 10.0. The molecule has 108 valence electrons. The molecule has 1 heterocycles. The number of hydrogen-bond donors (Lipinski definition) is 1. The van der Waals surface area contributed by atoms with E-state index in [2.05, 4.69) is 34.0 Å². The molecule has 0 radical (unpaired) electrons. The number of methoxy groups -OCH3 is 3. The van der Waals surface area contributed by atoms with Gasteiger partial charge >= 0.3 is 0 Å². The van der Waals surface area contributed by atoms with Crippen molar-refractivity contribution in [3.8, 4) is 17.2 Å². The Hall–Kier alpha value is -0.990. The second-order valence-corrected chi connectivity index (χ2v) is 6.89. The largest absolute Gasteiger partial charge is 0.493 e. The molecule has 6 heteroatoms. The van der Waals surface area contributed by atoms with Crippen molar-refractivity contribution in [3.63, 3.8) is 0 Å². The highest BCUT2D eigenvalue weighted by Gasteiger charge is 2.21. The molecule has 4 nitrogen and oxygen atoms in total. The fourth-order valence-electron chi connectivity index (χ4n) is 2.04. The van der Waals surface area contributed by atoms with Crippen molar-refractivity contribution in [2.75, 3.05) is 21.3 Å². The molecule has 2 rings (SSSR count). The van der Waals surface area contributed by atoms with Gasteiger partial charge in [0.15, 0.2) is 11.5 Å². The van der Waals surface area contributed by atoms with E-state index in [4.69, 9.17) is 19.9 Å². The second kappa shape index (κ2) is 6.64. The number of benzene rings is 1. The topological polar surface area (TPSA) is 53.7 Å². The lowest BCUT2D eigenvalue weighted by Crippen LogP contribution is -2.13. The Morgan fingerprint density at radius 3 is 2.30 bits per heavy atom. The molecule has 0 aliphatic heterocycles. The first-order valence-electron chi connectivity index (χ1n) is 5.90. The Bertz CT molecular complexity index is 600. The zero-order valence-electron chi connectivity index (χ0n) is 11.5. The van der Waals surface area contributed by atoms with E-state index in [-0.39, 0.29) is 6.04 Å². The smallest absolute Gasteiger partial charge is 0.203 e. The lowest BCUT2D eigenvalue weighted by Gasteiger charge is -2.19. The van der Waals surface area contributed by atoms with Crippen LogP contribution in [0, 0.1) is 2.88 Å². The molecule has 0 aliphatic rings. The maximum atomic E-state index is 6.35. The molecular weight excluding hydrogens is 389 g/mol. The summed E-state index contributed by atoms with van der Waals surface area (Å²) in [7, 11) is 4.78. The molecule has 1 aromatic carbocycles. The van der Waals surface area contributed by atoms with Crippen LogP contribution in [-0.2, 0) is 0 Å². The highest BCUT2D eigenvalue weighted by atomic mass is 127. The summed E-state index contributed by atoms with van der Waals surface area (Å²) < 4.78 is 17.3. The first-order chi connectivity index (χ1) is 9.62. The minimum absolute atomic E-state index is 0.260. The quantitative estimate of drug-likeness (QED) is 0.775. The van der Waals surface area contributed by atoms with Gasteiger partial charge in [-0.2, -0.15) is 0 Å². The van der Waals surface area contributed by atoms with E-state index in [1.807, 2.05) is 12.1 Å². The van der Waals surface area contributed by atoms with Gasteiger partial charge in [-0.3, -0.25) is 0 Å². The lowest BCUT2D eigenvalue weighted by molar-refractivity contribution is 0.321. The number of thiophene rings is 1. The first kappa shape index (κ1) is 15.4. The average Bonchev–Trinajstić information content (AvgIpc) is 2.91. The SMILES string of the molecule is COc1ccc(C(N)c2csc(I)c2)c(OC)c1OC. The summed E-state index contributed by atoms with van der Waals surface area (Å²) >= 11 is 3.95. The molecule has 1 atom stereocenters. The van der Waals surface area contributed by atoms with Crippen molar-refractivity contribution in [1.82, 2.24) is 0 Å². The third-order valence-electron chi connectivity index (χ3n) is 3.02. The Balaban J connectivity index is 2.51. The highest BCUT2D eigenvalue weighted by molar-refractivity contribution is 14.1. The van der Waals surface area contributed by atoms with Gasteiger partial charge in [0.05, 0.1) is 30.3 Å². The monoisotopic (exact) mass is 405 g/mol. The van der Waals surface area contributed by atoms with E-state index in [0.717, 1.165) is 11.1 Å². The summed E-state index contributed by atoms with van der Waals surface area (Å²) in [5, 5.41) is 2.06. The molecule has 1 unspecified atom stereocenters. The van der Waals surface area contributed by atoms with Crippen LogP contribution in [0.25, 0.3) is 0 Å². The van der Waals surface area contributed by atoms with Crippen LogP contribution in [0.5, 0.6) is 17.2 Å². The third kappa shape index (κ3) is 2.87.